The Morgan fingerprint density at radius 1 is 0.781 bits per heavy atom. The van der Waals surface area contributed by atoms with E-state index in [0.717, 1.165) is 81.7 Å². The van der Waals surface area contributed by atoms with Crippen molar-refractivity contribution in [1.29, 1.82) is 0 Å². The largest absolute Gasteiger partial charge is 0.339 e. The minimum absolute atomic E-state index is 0.0893. The van der Waals surface area contributed by atoms with E-state index in [1.807, 2.05) is 4.90 Å². The number of piperazine rings is 1. The van der Waals surface area contributed by atoms with Crippen LogP contribution in [-0.4, -0.2) is 71.4 Å². The number of fused-ring (bicyclic) bond motifs is 1. The molecule has 2 amide bonds. The minimum Gasteiger partial charge on any atom is -0.339 e. The maximum atomic E-state index is 13.2. The molecule has 6 rings (SSSR count). The van der Waals surface area contributed by atoms with Crippen molar-refractivity contribution in [3.63, 3.8) is 0 Å². The highest BCUT2D eigenvalue weighted by molar-refractivity contribution is 5.85. The minimum atomic E-state index is -0.0893. The van der Waals surface area contributed by atoms with Gasteiger partial charge in [0.2, 0.25) is 11.8 Å². The topological polar surface area (TPSA) is 55.9 Å². The highest BCUT2D eigenvalue weighted by atomic mass is 16.2. The molecule has 3 unspecified atom stereocenters. The second-order valence-corrected chi connectivity index (χ2v) is 12.2. The van der Waals surface area contributed by atoms with E-state index in [4.69, 9.17) is 0 Å². The van der Waals surface area contributed by atoms with Crippen molar-refractivity contribution < 1.29 is 9.59 Å². The Kier molecular flexibility index (Phi) is 5.53. The fourth-order valence-electron chi connectivity index (χ4n) is 7.35. The number of nitrogens with one attached hydrogen (secondary N) is 1. The lowest BCUT2D eigenvalue weighted by Crippen LogP contribution is -2.53. The molecule has 6 fully saturated rings. The Hall–Kier alpha value is -1.14. The van der Waals surface area contributed by atoms with E-state index in [0.29, 0.717) is 11.8 Å². The van der Waals surface area contributed by atoms with Crippen LogP contribution in [0.5, 0.6) is 0 Å². The Morgan fingerprint density at radius 2 is 1.41 bits per heavy atom. The van der Waals surface area contributed by atoms with Crippen molar-refractivity contribution in [1.82, 2.24) is 20.2 Å². The van der Waals surface area contributed by atoms with Gasteiger partial charge in [0, 0.05) is 56.1 Å². The molecule has 178 valence electrons. The zero-order valence-corrected chi connectivity index (χ0v) is 19.9. The standard InChI is InChI=1S/C26H42N4O2/c1-26(10-11-26)25(32)29-14-12-28(13-15-29)24(31)19-4-2-18(3-5-19)20-6-7-21-17-27-30(22-8-9-22)23(21)16-20/h18-23,27H,2-17H2,1H3. The lowest BCUT2D eigenvalue weighted by molar-refractivity contribution is -0.145. The number of nitrogens with zero attached hydrogens (tertiary/aromatic N) is 3. The molecule has 3 atom stereocenters. The zero-order valence-electron chi connectivity index (χ0n) is 19.9. The van der Waals surface area contributed by atoms with Crippen molar-refractivity contribution in [2.24, 2.45) is 29.1 Å². The number of rotatable bonds is 4. The van der Waals surface area contributed by atoms with Gasteiger partial charge in [-0.15, -0.1) is 0 Å². The summed E-state index contributed by atoms with van der Waals surface area (Å²) in [6.07, 6.45) is 13.7. The molecule has 0 bridgehead atoms. The molecule has 6 aliphatic rings. The lowest BCUT2D eigenvalue weighted by atomic mass is 9.68. The molecule has 4 saturated carbocycles. The highest BCUT2D eigenvalue weighted by Crippen LogP contribution is 2.47. The predicted molar refractivity (Wildman–Crippen MR) is 123 cm³/mol. The number of hydrazine groups is 1. The quantitative estimate of drug-likeness (QED) is 0.727. The monoisotopic (exact) mass is 442 g/mol. The van der Waals surface area contributed by atoms with Crippen molar-refractivity contribution in [3.8, 4) is 0 Å². The SMILES string of the molecule is CC1(C(=O)N2CCN(C(=O)C3CCC(C4CCC5CNN(C6CC6)C5C4)CC3)CC2)CC1. The van der Waals surface area contributed by atoms with Crippen LogP contribution in [0.4, 0.5) is 0 Å². The Bertz CT molecular complexity index is 732. The smallest absolute Gasteiger partial charge is 0.228 e. The van der Waals surface area contributed by atoms with Gasteiger partial charge in [-0.25, -0.2) is 5.01 Å². The summed E-state index contributed by atoms with van der Waals surface area (Å²) in [5.74, 6) is 3.48. The third-order valence-electron chi connectivity index (χ3n) is 10.0. The summed E-state index contributed by atoms with van der Waals surface area (Å²) in [5, 5.41) is 2.64. The number of hydrogen-bond donors (Lipinski definition) is 1. The molecule has 4 aliphatic carbocycles. The van der Waals surface area contributed by atoms with E-state index in [1.54, 1.807) is 0 Å². The van der Waals surface area contributed by atoms with Crippen LogP contribution in [-0.2, 0) is 9.59 Å². The van der Waals surface area contributed by atoms with Crippen molar-refractivity contribution in [3.05, 3.63) is 0 Å². The summed E-state index contributed by atoms with van der Waals surface area (Å²) < 4.78 is 0. The third-order valence-corrected chi connectivity index (χ3v) is 10.0. The van der Waals surface area contributed by atoms with Crippen LogP contribution in [0.25, 0.3) is 0 Å². The Balaban J connectivity index is 0.972. The molecule has 2 aliphatic heterocycles. The molecule has 0 radical (unpaired) electrons. The molecule has 1 N–H and O–H groups in total. The van der Waals surface area contributed by atoms with Gasteiger partial charge < -0.3 is 9.80 Å². The van der Waals surface area contributed by atoms with Gasteiger partial charge in [0.05, 0.1) is 0 Å². The summed E-state index contributed by atoms with van der Waals surface area (Å²) >= 11 is 0. The van der Waals surface area contributed by atoms with Gasteiger partial charge >= 0.3 is 0 Å². The van der Waals surface area contributed by atoms with Crippen LogP contribution in [0.1, 0.15) is 77.6 Å². The zero-order chi connectivity index (χ0) is 21.9. The van der Waals surface area contributed by atoms with E-state index in [2.05, 4.69) is 22.3 Å². The summed E-state index contributed by atoms with van der Waals surface area (Å²) in [5.41, 5.74) is 3.63. The molecule has 32 heavy (non-hydrogen) atoms. The van der Waals surface area contributed by atoms with Crippen LogP contribution in [0.2, 0.25) is 0 Å². The first-order chi connectivity index (χ1) is 15.5. The van der Waals surface area contributed by atoms with E-state index in [1.165, 1.54) is 51.5 Å². The van der Waals surface area contributed by atoms with Gasteiger partial charge in [-0.1, -0.05) is 6.92 Å². The molecule has 6 nitrogen and oxygen atoms in total. The van der Waals surface area contributed by atoms with E-state index in [9.17, 15) is 9.59 Å². The van der Waals surface area contributed by atoms with Crippen LogP contribution in [0.3, 0.4) is 0 Å². The van der Waals surface area contributed by atoms with E-state index >= 15 is 0 Å². The van der Waals surface area contributed by atoms with Gasteiger partial charge in [-0.3, -0.25) is 15.0 Å². The highest BCUT2D eigenvalue weighted by Gasteiger charge is 2.48. The first-order valence-corrected chi connectivity index (χ1v) is 13.6. The van der Waals surface area contributed by atoms with Crippen molar-refractivity contribution >= 4 is 11.8 Å². The number of amides is 2. The maximum Gasteiger partial charge on any atom is 0.228 e. The Labute approximate surface area is 193 Å². The van der Waals surface area contributed by atoms with Crippen molar-refractivity contribution in [2.75, 3.05) is 32.7 Å². The Morgan fingerprint density at radius 3 is 2.06 bits per heavy atom. The van der Waals surface area contributed by atoms with Gasteiger partial charge in [-0.05, 0) is 88.4 Å². The van der Waals surface area contributed by atoms with Gasteiger partial charge in [0.1, 0.15) is 0 Å². The molecular formula is C26H42N4O2. The average molecular weight is 443 g/mol. The average Bonchev–Trinajstić information content (AvgIpc) is 3.77. The molecule has 2 saturated heterocycles. The van der Waals surface area contributed by atoms with Crippen molar-refractivity contribution in [2.45, 2.75) is 89.6 Å². The summed E-state index contributed by atoms with van der Waals surface area (Å²) in [6.45, 7) is 6.21. The predicted octanol–water partition coefficient (Wildman–Crippen LogP) is 3.03. The molecular weight excluding hydrogens is 400 g/mol. The molecule has 0 aromatic heterocycles. The van der Waals surface area contributed by atoms with Crippen LogP contribution < -0.4 is 5.43 Å². The normalized spacial score (nSPS) is 39.6. The molecule has 0 aromatic carbocycles. The van der Waals surface area contributed by atoms with Gasteiger partial charge in [0.15, 0.2) is 0 Å². The summed E-state index contributed by atoms with van der Waals surface area (Å²) in [6, 6.07) is 1.59. The lowest BCUT2D eigenvalue weighted by Gasteiger charge is -2.42. The summed E-state index contributed by atoms with van der Waals surface area (Å²) in [4.78, 5) is 29.9. The number of carbonyl (C=O) groups excluding carboxylic acids is 2. The van der Waals surface area contributed by atoms with Crippen LogP contribution >= 0.6 is 0 Å². The number of carbonyl (C=O) groups is 2. The third kappa shape index (κ3) is 4.00. The van der Waals surface area contributed by atoms with Gasteiger partial charge in [0.25, 0.3) is 0 Å². The van der Waals surface area contributed by atoms with Crippen LogP contribution in [0, 0.1) is 29.1 Å². The fourth-order valence-corrected chi connectivity index (χ4v) is 7.35. The van der Waals surface area contributed by atoms with Crippen LogP contribution in [0.15, 0.2) is 0 Å². The van der Waals surface area contributed by atoms with Gasteiger partial charge in [-0.2, -0.15) is 0 Å². The first kappa shape index (κ1) is 21.4. The summed E-state index contributed by atoms with van der Waals surface area (Å²) in [7, 11) is 0. The second-order valence-electron chi connectivity index (χ2n) is 12.2. The molecule has 6 heteroatoms. The maximum absolute atomic E-state index is 13.2. The molecule has 0 aromatic rings. The first-order valence-electron chi connectivity index (χ1n) is 13.6. The molecule has 2 heterocycles. The fraction of sp³-hybridized carbons (Fsp3) is 0.923. The van der Waals surface area contributed by atoms with E-state index < -0.39 is 0 Å². The van der Waals surface area contributed by atoms with E-state index in [-0.39, 0.29) is 11.3 Å². The number of hydrogen-bond acceptors (Lipinski definition) is 4. The molecule has 0 spiro atoms. The second kappa shape index (κ2) is 8.26.